The lowest BCUT2D eigenvalue weighted by molar-refractivity contribution is -0.131. The first-order chi connectivity index (χ1) is 11.6. The lowest BCUT2D eigenvalue weighted by Gasteiger charge is -2.22. The van der Waals surface area contributed by atoms with E-state index in [-0.39, 0.29) is 42.1 Å². The summed E-state index contributed by atoms with van der Waals surface area (Å²) in [5.74, 6) is 1.39. The van der Waals surface area contributed by atoms with Gasteiger partial charge in [-0.2, -0.15) is 0 Å². The molecule has 7 nitrogen and oxygen atoms in total. The zero-order chi connectivity index (χ0) is 16.7. The lowest BCUT2D eigenvalue weighted by atomic mass is 10.1. The number of likely N-dealkylation sites (tertiary alicyclic amines) is 1. The predicted octanol–water partition coefficient (Wildman–Crippen LogP) is 1.25. The highest BCUT2D eigenvalue weighted by atomic mass is 32.2. The summed E-state index contributed by atoms with van der Waals surface area (Å²) in [4.78, 5) is 39.1. The van der Waals surface area contributed by atoms with Gasteiger partial charge in [-0.3, -0.25) is 19.3 Å². The van der Waals surface area contributed by atoms with Crippen molar-refractivity contribution in [2.75, 3.05) is 25.6 Å². The van der Waals surface area contributed by atoms with Crippen molar-refractivity contribution in [1.29, 1.82) is 0 Å². The highest BCUT2D eigenvalue weighted by Gasteiger charge is 2.40. The van der Waals surface area contributed by atoms with Crippen LogP contribution in [0.5, 0.6) is 11.5 Å². The topological polar surface area (TPSA) is 76.2 Å². The first-order valence-electron chi connectivity index (χ1n) is 7.77. The van der Waals surface area contributed by atoms with Crippen LogP contribution in [0.15, 0.2) is 18.2 Å². The van der Waals surface area contributed by atoms with Gasteiger partial charge in [0.25, 0.3) is 5.24 Å². The van der Waals surface area contributed by atoms with Gasteiger partial charge in [0, 0.05) is 13.1 Å². The van der Waals surface area contributed by atoms with E-state index in [0.29, 0.717) is 31.0 Å². The van der Waals surface area contributed by atoms with Gasteiger partial charge < -0.3 is 14.4 Å². The van der Waals surface area contributed by atoms with Crippen molar-refractivity contribution in [1.82, 2.24) is 9.80 Å². The Balaban J connectivity index is 1.39. The summed E-state index contributed by atoms with van der Waals surface area (Å²) in [6.07, 6.45) is 0.908. The Hall–Kier alpha value is -2.22. The molecule has 0 spiro atoms. The summed E-state index contributed by atoms with van der Waals surface area (Å²) in [7, 11) is 0. The average Bonchev–Trinajstić information content (AvgIpc) is 3.27. The number of carbonyl (C=O) groups excluding carboxylic acids is 3. The van der Waals surface area contributed by atoms with Gasteiger partial charge in [-0.25, -0.2) is 0 Å². The van der Waals surface area contributed by atoms with Gasteiger partial charge in [-0.1, -0.05) is 17.8 Å². The van der Waals surface area contributed by atoms with Crippen molar-refractivity contribution in [3.05, 3.63) is 23.8 Å². The number of carbonyl (C=O) groups is 3. The van der Waals surface area contributed by atoms with Crippen molar-refractivity contribution in [3.8, 4) is 11.5 Å². The molecule has 1 aromatic carbocycles. The van der Waals surface area contributed by atoms with Gasteiger partial charge in [-0.05, 0) is 24.1 Å². The molecule has 0 aromatic heterocycles. The second kappa shape index (κ2) is 6.01. The number of fused-ring (bicyclic) bond motifs is 1. The molecule has 0 aliphatic carbocycles. The minimum atomic E-state index is -0.199. The number of rotatable bonds is 3. The van der Waals surface area contributed by atoms with E-state index < -0.39 is 0 Å². The normalized spacial score (nSPS) is 22.6. The highest BCUT2D eigenvalue weighted by molar-refractivity contribution is 8.14. The Morgan fingerprint density at radius 2 is 2.08 bits per heavy atom. The molecule has 0 N–H and O–H groups in total. The van der Waals surface area contributed by atoms with Crippen LogP contribution in [0.25, 0.3) is 0 Å². The molecule has 0 radical (unpaired) electrons. The van der Waals surface area contributed by atoms with Crippen molar-refractivity contribution in [3.63, 3.8) is 0 Å². The Bertz CT molecular complexity index is 706. The molecule has 0 saturated carbocycles. The van der Waals surface area contributed by atoms with Crippen LogP contribution < -0.4 is 9.47 Å². The van der Waals surface area contributed by atoms with E-state index in [2.05, 4.69) is 0 Å². The van der Waals surface area contributed by atoms with Crippen molar-refractivity contribution in [2.45, 2.75) is 18.9 Å². The zero-order valence-corrected chi connectivity index (χ0v) is 13.7. The number of benzene rings is 1. The summed E-state index contributed by atoms with van der Waals surface area (Å²) in [6.45, 7) is 1.19. The molecular weight excluding hydrogens is 332 g/mol. The van der Waals surface area contributed by atoms with Gasteiger partial charge >= 0.3 is 0 Å². The van der Waals surface area contributed by atoms with Gasteiger partial charge in [0.15, 0.2) is 11.5 Å². The number of hydrogen-bond acceptors (Lipinski definition) is 6. The number of amides is 3. The van der Waals surface area contributed by atoms with Gasteiger partial charge in [0.1, 0.15) is 0 Å². The number of ether oxygens (including phenoxy) is 2. The number of imide groups is 1. The highest BCUT2D eigenvalue weighted by Crippen LogP contribution is 2.33. The Morgan fingerprint density at radius 3 is 2.88 bits per heavy atom. The Labute approximate surface area is 142 Å². The smallest absolute Gasteiger partial charge is 0.289 e. The first-order valence-corrected chi connectivity index (χ1v) is 8.75. The van der Waals surface area contributed by atoms with Crippen LogP contribution in [0.1, 0.15) is 12.0 Å². The summed E-state index contributed by atoms with van der Waals surface area (Å²) in [6, 6.07) is 5.28. The monoisotopic (exact) mass is 348 g/mol. The SMILES string of the molecule is O=C(Cc1ccc2c(c1)OCO2)N1CC[C@H](N2C(=O)CSC2=O)C1. The molecule has 1 atom stereocenters. The third-order valence-corrected chi connectivity index (χ3v) is 5.29. The molecule has 2 fully saturated rings. The van der Waals surface area contributed by atoms with Crippen LogP contribution >= 0.6 is 11.8 Å². The fourth-order valence-corrected chi connectivity index (χ4v) is 4.01. The molecule has 8 heteroatoms. The maximum atomic E-state index is 12.5. The molecule has 2 saturated heterocycles. The largest absolute Gasteiger partial charge is 0.454 e. The second-order valence-electron chi connectivity index (χ2n) is 5.96. The van der Waals surface area contributed by atoms with Gasteiger partial charge in [0.05, 0.1) is 18.2 Å². The number of thioether (sulfide) groups is 1. The van der Waals surface area contributed by atoms with E-state index in [0.717, 1.165) is 17.3 Å². The molecule has 3 heterocycles. The minimum Gasteiger partial charge on any atom is -0.454 e. The van der Waals surface area contributed by atoms with Crippen molar-refractivity contribution in [2.24, 2.45) is 0 Å². The maximum absolute atomic E-state index is 12.5. The van der Waals surface area contributed by atoms with Crippen LogP contribution in [0, 0.1) is 0 Å². The van der Waals surface area contributed by atoms with Crippen molar-refractivity contribution < 1.29 is 23.9 Å². The molecule has 24 heavy (non-hydrogen) atoms. The maximum Gasteiger partial charge on any atom is 0.289 e. The van der Waals surface area contributed by atoms with Crippen LogP contribution in [0.2, 0.25) is 0 Å². The molecule has 3 aliphatic rings. The third kappa shape index (κ3) is 2.71. The van der Waals surface area contributed by atoms with Crippen LogP contribution in [-0.2, 0) is 16.0 Å². The van der Waals surface area contributed by atoms with E-state index in [4.69, 9.17) is 9.47 Å². The van der Waals surface area contributed by atoms with Crippen LogP contribution in [-0.4, -0.2) is 58.5 Å². The second-order valence-corrected chi connectivity index (χ2v) is 6.89. The lowest BCUT2D eigenvalue weighted by Crippen LogP contribution is -2.41. The molecule has 3 aliphatic heterocycles. The van der Waals surface area contributed by atoms with E-state index in [1.807, 2.05) is 12.1 Å². The Morgan fingerprint density at radius 1 is 1.25 bits per heavy atom. The summed E-state index contributed by atoms with van der Waals surface area (Å²) in [5, 5.41) is -0.199. The molecule has 4 rings (SSSR count). The molecule has 0 unspecified atom stereocenters. The molecule has 3 amide bonds. The average molecular weight is 348 g/mol. The van der Waals surface area contributed by atoms with E-state index >= 15 is 0 Å². The number of nitrogens with zero attached hydrogens (tertiary/aromatic N) is 2. The minimum absolute atomic E-state index is 0.0110. The van der Waals surface area contributed by atoms with E-state index in [9.17, 15) is 14.4 Å². The quantitative estimate of drug-likeness (QED) is 0.818. The van der Waals surface area contributed by atoms with Gasteiger partial charge in [-0.15, -0.1) is 0 Å². The standard InChI is InChI=1S/C16H16N2O5S/c19-14(6-10-1-2-12-13(5-10)23-9-22-12)17-4-3-11(7-17)18-15(20)8-24-16(18)21/h1-2,5,11H,3-4,6-9H2/t11-/m0/s1. The summed E-state index contributed by atoms with van der Waals surface area (Å²) >= 11 is 1.03. The fraction of sp³-hybridized carbons (Fsp3) is 0.438. The Kier molecular flexibility index (Phi) is 3.84. The molecule has 126 valence electrons. The van der Waals surface area contributed by atoms with E-state index in [1.54, 1.807) is 11.0 Å². The molecule has 0 bridgehead atoms. The van der Waals surface area contributed by atoms with Crippen molar-refractivity contribution >= 4 is 28.8 Å². The number of hydrogen-bond donors (Lipinski definition) is 0. The summed E-state index contributed by atoms with van der Waals surface area (Å²) < 4.78 is 10.6. The van der Waals surface area contributed by atoms with Crippen LogP contribution in [0.4, 0.5) is 4.79 Å². The molecule has 1 aromatic rings. The van der Waals surface area contributed by atoms with Crippen LogP contribution in [0.3, 0.4) is 0 Å². The zero-order valence-electron chi connectivity index (χ0n) is 12.9. The predicted molar refractivity (Wildman–Crippen MR) is 86.0 cm³/mol. The van der Waals surface area contributed by atoms with E-state index in [1.165, 1.54) is 4.90 Å². The van der Waals surface area contributed by atoms with Gasteiger partial charge in [0.2, 0.25) is 18.6 Å². The third-order valence-electron chi connectivity index (χ3n) is 4.46. The summed E-state index contributed by atoms with van der Waals surface area (Å²) in [5.41, 5.74) is 0.858. The first kappa shape index (κ1) is 15.3. The fourth-order valence-electron chi connectivity index (χ4n) is 3.23. The molecular formula is C16H16N2O5S.